The van der Waals surface area contributed by atoms with Gasteiger partial charge in [-0.1, -0.05) is 6.92 Å². The van der Waals surface area contributed by atoms with Gasteiger partial charge in [0, 0.05) is 12.6 Å². The molecule has 0 aromatic heterocycles. The van der Waals surface area contributed by atoms with Crippen LogP contribution in [-0.4, -0.2) is 55.6 Å². The molecule has 2 unspecified atom stereocenters. The van der Waals surface area contributed by atoms with Crippen LogP contribution in [0.1, 0.15) is 13.8 Å². The Balaban J connectivity index is 2.62. The molecule has 6 nitrogen and oxygen atoms in total. The number of hydrogen-bond acceptors (Lipinski definition) is 4. The van der Waals surface area contributed by atoms with Crippen molar-refractivity contribution in [3.8, 4) is 0 Å². The molecule has 1 saturated heterocycles. The van der Waals surface area contributed by atoms with E-state index in [0.29, 0.717) is 19.8 Å². The fourth-order valence-corrected chi connectivity index (χ4v) is 2.03. The summed E-state index contributed by atoms with van der Waals surface area (Å²) in [7, 11) is 0. The quantitative estimate of drug-likeness (QED) is 0.623. The van der Waals surface area contributed by atoms with Crippen LogP contribution in [0.5, 0.6) is 0 Å². The third-order valence-corrected chi connectivity index (χ3v) is 2.90. The van der Waals surface area contributed by atoms with Gasteiger partial charge in [0.2, 0.25) is 11.8 Å². The number of nitrogens with one attached hydrogen (secondary N) is 1. The molecule has 1 aliphatic rings. The van der Waals surface area contributed by atoms with Gasteiger partial charge in [0.1, 0.15) is 0 Å². The highest BCUT2D eigenvalue weighted by Crippen LogP contribution is 2.16. The van der Waals surface area contributed by atoms with E-state index in [4.69, 9.17) is 10.5 Å². The van der Waals surface area contributed by atoms with Crippen molar-refractivity contribution < 1.29 is 14.3 Å². The van der Waals surface area contributed by atoms with E-state index in [0.717, 1.165) is 6.54 Å². The summed E-state index contributed by atoms with van der Waals surface area (Å²) in [6, 6.07) is 0.0365. The van der Waals surface area contributed by atoms with E-state index >= 15 is 0 Å². The Morgan fingerprint density at radius 3 is 2.65 bits per heavy atom. The van der Waals surface area contributed by atoms with E-state index in [1.54, 1.807) is 0 Å². The number of hydrogen-bond donors (Lipinski definition) is 2. The summed E-state index contributed by atoms with van der Waals surface area (Å²) >= 11 is 0. The van der Waals surface area contributed by atoms with Crippen LogP contribution in [0.4, 0.5) is 0 Å². The number of likely N-dealkylation sites (N-methyl/N-ethyl adjacent to an activating group) is 2. The number of nitrogens with zero attached hydrogens (tertiary/aromatic N) is 1. The molecular weight excluding hydrogens is 222 g/mol. The van der Waals surface area contributed by atoms with Gasteiger partial charge in [0.15, 0.2) is 0 Å². The Bertz CT molecular complexity index is 283. The summed E-state index contributed by atoms with van der Waals surface area (Å²) in [5.41, 5.74) is 5.12. The van der Waals surface area contributed by atoms with E-state index in [-0.39, 0.29) is 24.4 Å². The lowest BCUT2D eigenvalue weighted by atomic mass is 10.0. The first kappa shape index (κ1) is 13.9. The Hall–Kier alpha value is -1.14. The fraction of sp³-hybridized carbons (Fsp3) is 0.818. The molecule has 2 atom stereocenters. The molecule has 1 fully saturated rings. The first-order valence-corrected chi connectivity index (χ1v) is 5.98. The maximum Gasteiger partial charge on any atom is 0.237 e. The number of carbonyl (C=O) groups excluding carboxylic acids is 2. The second kappa shape index (κ2) is 6.56. The standard InChI is InChI=1S/C11H21N3O3/c1-3-13-9-7-17-6-8(9)11(16)14(4-2)5-10(12)15/h8-9,13H,3-7H2,1-2H3,(H2,12,15). The van der Waals surface area contributed by atoms with Gasteiger partial charge in [0.25, 0.3) is 0 Å². The molecule has 1 aliphatic heterocycles. The van der Waals surface area contributed by atoms with Gasteiger partial charge in [-0.2, -0.15) is 0 Å². The normalized spacial score (nSPS) is 23.6. The molecule has 17 heavy (non-hydrogen) atoms. The Labute approximate surface area is 101 Å². The zero-order chi connectivity index (χ0) is 12.8. The molecule has 6 heteroatoms. The van der Waals surface area contributed by atoms with Gasteiger partial charge < -0.3 is 20.7 Å². The Morgan fingerprint density at radius 1 is 1.41 bits per heavy atom. The summed E-state index contributed by atoms with van der Waals surface area (Å²) in [4.78, 5) is 24.6. The van der Waals surface area contributed by atoms with Crippen LogP contribution >= 0.6 is 0 Å². The first-order valence-electron chi connectivity index (χ1n) is 5.98. The molecule has 0 aromatic carbocycles. The second-order valence-electron chi connectivity index (χ2n) is 4.13. The molecule has 98 valence electrons. The van der Waals surface area contributed by atoms with E-state index in [9.17, 15) is 9.59 Å². The van der Waals surface area contributed by atoms with Gasteiger partial charge in [-0.25, -0.2) is 0 Å². The smallest absolute Gasteiger partial charge is 0.237 e. The zero-order valence-corrected chi connectivity index (χ0v) is 10.4. The van der Waals surface area contributed by atoms with E-state index in [1.165, 1.54) is 4.90 Å². The number of carbonyl (C=O) groups is 2. The molecule has 0 aromatic rings. The van der Waals surface area contributed by atoms with Gasteiger partial charge in [-0.05, 0) is 13.5 Å². The summed E-state index contributed by atoms with van der Waals surface area (Å²) in [5.74, 6) is -0.761. The van der Waals surface area contributed by atoms with Crippen molar-refractivity contribution in [2.75, 3.05) is 32.8 Å². The SMILES string of the molecule is CCNC1COCC1C(=O)N(CC)CC(N)=O. The van der Waals surface area contributed by atoms with Crippen LogP contribution in [0, 0.1) is 5.92 Å². The van der Waals surface area contributed by atoms with Crippen molar-refractivity contribution in [1.82, 2.24) is 10.2 Å². The predicted octanol–water partition coefficient (Wildman–Crippen LogP) is -1.06. The largest absolute Gasteiger partial charge is 0.379 e. The van der Waals surface area contributed by atoms with Crippen LogP contribution in [0.15, 0.2) is 0 Å². The van der Waals surface area contributed by atoms with Crippen LogP contribution in [0.3, 0.4) is 0 Å². The van der Waals surface area contributed by atoms with Gasteiger partial charge in [-0.3, -0.25) is 9.59 Å². The van der Waals surface area contributed by atoms with Gasteiger partial charge in [-0.15, -0.1) is 0 Å². The minimum Gasteiger partial charge on any atom is -0.379 e. The van der Waals surface area contributed by atoms with Gasteiger partial charge >= 0.3 is 0 Å². The number of nitrogens with two attached hydrogens (primary N) is 1. The number of rotatable bonds is 6. The lowest BCUT2D eigenvalue weighted by Crippen LogP contribution is -2.48. The van der Waals surface area contributed by atoms with Gasteiger partial charge in [0.05, 0.1) is 25.7 Å². The summed E-state index contributed by atoms with van der Waals surface area (Å²) in [6.07, 6.45) is 0. The number of amides is 2. The molecule has 0 radical (unpaired) electrons. The Kier molecular flexibility index (Phi) is 5.37. The minimum absolute atomic E-state index is 0.0231. The molecule has 3 N–H and O–H groups in total. The molecule has 0 aliphatic carbocycles. The van der Waals surface area contributed by atoms with Crippen molar-refractivity contribution in [1.29, 1.82) is 0 Å². The van der Waals surface area contributed by atoms with Crippen molar-refractivity contribution in [3.63, 3.8) is 0 Å². The topological polar surface area (TPSA) is 84.7 Å². The summed E-state index contributed by atoms with van der Waals surface area (Å²) in [5, 5.41) is 3.22. The van der Waals surface area contributed by atoms with Crippen LogP contribution in [-0.2, 0) is 14.3 Å². The molecular formula is C11H21N3O3. The highest BCUT2D eigenvalue weighted by atomic mass is 16.5. The molecule has 0 saturated carbocycles. The van der Waals surface area contributed by atoms with E-state index in [2.05, 4.69) is 5.32 Å². The molecule has 1 rings (SSSR count). The van der Waals surface area contributed by atoms with E-state index in [1.807, 2.05) is 13.8 Å². The minimum atomic E-state index is -0.487. The van der Waals surface area contributed by atoms with Crippen LogP contribution in [0.2, 0.25) is 0 Å². The summed E-state index contributed by atoms with van der Waals surface area (Å²) < 4.78 is 5.32. The highest BCUT2D eigenvalue weighted by Gasteiger charge is 2.35. The fourth-order valence-electron chi connectivity index (χ4n) is 2.03. The second-order valence-corrected chi connectivity index (χ2v) is 4.13. The molecule has 1 heterocycles. The highest BCUT2D eigenvalue weighted by molar-refractivity contribution is 5.85. The lowest BCUT2D eigenvalue weighted by molar-refractivity contribution is -0.139. The molecule has 0 spiro atoms. The lowest BCUT2D eigenvalue weighted by Gasteiger charge is -2.25. The number of ether oxygens (including phenoxy) is 1. The first-order chi connectivity index (χ1) is 8.10. The summed E-state index contributed by atoms with van der Waals surface area (Å²) in [6.45, 7) is 6.02. The third kappa shape index (κ3) is 3.67. The van der Waals surface area contributed by atoms with Crippen LogP contribution in [0.25, 0.3) is 0 Å². The third-order valence-electron chi connectivity index (χ3n) is 2.90. The maximum absolute atomic E-state index is 12.2. The average molecular weight is 243 g/mol. The zero-order valence-electron chi connectivity index (χ0n) is 10.4. The maximum atomic E-state index is 12.2. The predicted molar refractivity (Wildman–Crippen MR) is 63.2 cm³/mol. The molecule has 2 amide bonds. The molecule has 0 bridgehead atoms. The number of primary amides is 1. The monoisotopic (exact) mass is 243 g/mol. The van der Waals surface area contributed by atoms with Crippen molar-refractivity contribution in [2.24, 2.45) is 11.7 Å². The van der Waals surface area contributed by atoms with Crippen molar-refractivity contribution >= 4 is 11.8 Å². The van der Waals surface area contributed by atoms with E-state index < -0.39 is 5.91 Å². The average Bonchev–Trinajstić information content (AvgIpc) is 2.73. The van der Waals surface area contributed by atoms with Crippen molar-refractivity contribution in [3.05, 3.63) is 0 Å². The van der Waals surface area contributed by atoms with Crippen LogP contribution < -0.4 is 11.1 Å². The van der Waals surface area contributed by atoms with Crippen molar-refractivity contribution in [2.45, 2.75) is 19.9 Å². The Morgan fingerprint density at radius 2 is 2.12 bits per heavy atom.